The molecule has 1 aliphatic carbocycles. The number of esters is 1. The van der Waals surface area contributed by atoms with E-state index in [1.165, 1.54) is 6.08 Å². The molecule has 0 radical (unpaired) electrons. The predicted octanol–water partition coefficient (Wildman–Crippen LogP) is 4.49. The van der Waals surface area contributed by atoms with Crippen LogP contribution in [0.25, 0.3) is 6.08 Å². The van der Waals surface area contributed by atoms with E-state index in [2.05, 4.69) is 4.74 Å². The first kappa shape index (κ1) is 17.2. The van der Waals surface area contributed by atoms with Crippen molar-refractivity contribution in [2.45, 2.75) is 39.0 Å². The van der Waals surface area contributed by atoms with Crippen molar-refractivity contribution in [1.82, 2.24) is 0 Å². The van der Waals surface area contributed by atoms with Crippen LogP contribution in [0.5, 0.6) is 5.75 Å². The van der Waals surface area contributed by atoms with Crippen LogP contribution >= 0.6 is 0 Å². The van der Waals surface area contributed by atoms with Crippen molar-refractivity contribution in [3.05, 3.63) is 34.6 Å². The minimum atomic E-state index is -5.19. The van der Waals surface area contributed by atoms with Gasteiger partial charge in [0.25, 0.3) is 0 Å². The van der Waals surface area contributed by atoms with E-state index in [0.717, 1.165) is 6.07 Å². The van der Waals surface area contributed by atoms with Gasteiger partial charge in [0.15, 0.2) is 11.6 Å². The molecule has 0 amide bonds. The Morgan fingerprint density at radius 3 is 2.57 bits per heavy atom. The zero-order valence-corrected chi connectivity index (χ0v) is 12.1. The second-order valence-corrected chi connectivity index (χ2v) is 4.95. The molecule has 0 saturated carbocycles. The number of alkyl halides is 3. The molecule has 3 nitrogen and oxygen atoms in total. The van der Waals surface area contributed by atoms with E-state index < -0.39 is 29.7 Å². The highest BCUT2D eigenvalue weighted by molar-refractivity contribution is 5.72. The highest BCUT2D eigenvalue weighted by atomic mass is 19.4. The van der Waals surface area contributed by atoms with Crippen molar-refractivity contribution in [2.75, 3.05) is 0 Å². The number of hydrogen-bond donors (Lipinski definition) is 0. The molecule has 0 heterocycles. The number of rotatable bonds is 4. The Morgan fingerprint density at radius 1 is 1.26 bits per heavy atom. The fourth-order valence-electron chi connectivity index (χ4n) is 2.23. The van der Waals surface area contributed by atoms with Gasteiger partial charge in [-0.15, -0.1) is 13.2 Å². The molecule has 0 unspecified atom stereocenters. The molecule has 126 valence electrons. The molecule has 0 fully saturated rings. The largest absolute Gasteiger partial charge is 0.573 e. The minimum Gasteiger partial charge on any atom is -0.431 e. The van der Waals surface area contributed by atoms with Crippen molar-refractivity contribution < 1.29 is 36.2 Å². The summed E-state index contributed by atoms with van der Waals surface area (Å²) in [6, 6.07) is 0.728. The maximum atomic E-state index is 14.1. The fourth-order valence-corrected chi connectivity index (χ4v) is 2.23. The molecule has 0 aromatic heterocycles. The summed E-state index contributed by atoms with van der Waals surface area (Å²) in [5, 5.41) is 0. The van der Waals surface area contributed by atoms with Crippen LogP contribution in [0, 0.1) is 11.6 Å². The van der Waals surface area contributed by atoms with Crippen molar-refractivity contribution in [3.63, 3.8) is 0 Å². The molecule has 0 saturated heterocycles. The molecular weight excluding hydrogens is 323 g/mol. The van der Waals surface area contributed by atoms with Crippen LogP contribution in [0.2, 0.25) is 0 Å². The molecule has 0 spiro atoms. The second kappa shape index (κ2) is 6.55. The van der Waals surface area contributed by atoms with Crippen LogP contribution in [0.1, 0.15) is 37.3 Å². The van der Waals surface area contributed by atoms with Gasteiger partial charge < -0.3 is 9.47 Å². The van der Waals surface area contributed by atoms with Crippen LogP contribution in [0.4, 0.5) is 22.0 Å². The van der Waals surface area contributed by atoms with Crippen LogP contribution in [0.3, 0.4) is 0 Å². The van der Waals surface area contributed by atoms with E-state index in [9.17, 15) is 26.7 Å². The topological polar surface area (TPSA) is 35.5 Å². The lowest BCUT2D eigenvalue weighted by Gasteiger charge is -2.19. The van der Waals surface area contributed by atoms with E-state index in [-0.39, 0.29) is 36.1 Å². The molecule has 8 heteroatoms. The monoisotopic (exact) mass is 336 g/mol. The summed E-state index contributed by atoms with van der Waals surface area (Å²) < 4.78 is 72.7. The fraction of sp³-hybridized carbons (Fsp3) is 0.400. The summed E-state index contributed by atoms with van der Waals surface area (Å²) in [7, 11) is 0. The number of benzene rings is 1. The third kappa shape index (κ3) is 4.20. The number of hydrogen-bond acceptors (Lipinski definition) is 3. The number of allylic oxidation sites excluding steroid dienone is 1. The van der Waals surface area contributed by atoms with Gasteiger partial charge in [-0.2, -0.15) is 0 Å². The summed E-state index contributed by atoms with van der Waals surface area (Å²) >= 11 is 0. The zero-order valence-electron chi connectivity index (χ0n) is 12.1. The first-order valence-corrected chi connectivity index (χ1v) is 6.89. The zero-order chi connectivity index (χ0) is 17.2. The van der Waals surface area contributed by atoms with Gasteiger partial charge in [-0.25, -0.2) is 8.78 Å². The number of carbonyl (C=O) groups is 1. The van der Waals surface area contributed by atoms with Crippen molar-refractivity contribution >= 4 is 12.0 Å². The standard InChI is InChI=1S/C15H13F5O3/c1-2-3-12(21)22-9-4-5-10-8(6-9)7-11(16)14(13(10)17)23-15(18,19)20/h6-7H,2-5H2,1H3. The number of ether oxygens (including phenoxy) is 2. The molecule has 0 bridgehead atoms. The highest BCUT2D eigenvalue weighted by Gasteiger charge is 2.35. The Labute approximate surface area is 128 Å². The molecule has 1 aromatic carbocycles. The Morgan fingerprint density at radius 2 is 1.96 bits per heavy atom. The van der Waals surface area contributed by atoms with Gasteiger partial charge in [0.1, 0.15) is 5.76 Å². The molecule has 1 aromatic rings. The molecule has 0 N–H and O–H groups in total. The summed E-state index contributed by atoms with van der Waals surface area (Å²) in [6.07, 6.45) is -3.07. The molecule has 1 aliphatic rings. The summed E-state index contributed by atoms with van der Waals surface area (Å²) in [4.78, 5) is 11.4. The van der Waals surface area contributed by atoms with E-state index in [1.54, 1.807) is 6.92 Å². The lowest BCUT2D eigenvalue weighted by atomic mass is 9.95. The molecular formula is C15H13F5O3. The molecule has 0 aliphatic heterocycles. The van der Waals surface area contributed by atoms with Gasteiger partial charge >= 0.3 is 12.3 Å². The van der Waals surface area contributed by atoms with Gasteiger partial charge in [-0.1, -0.05) is 6.92 Å². The lowest BCUT2D eigenvalue weighted by Crippen LogP contribution is -2.20. The quantitative estimate of drug-likeness (QED) is 0.600. The Bertz CT molecular complexity index is 649. The van der Waals surface area contributed by atoms with Crippen LogP contribution in [-0.4, -0.2) is 12.3 Å². The summed E-state index contributed by atoms with van der Waals surface area (Å²) in [6.45, 7) is 1.79. The van der Waals surface area contributed by atoms with E-state index in [4.69, 9.17) is 4.74 Å². The number of carbonyl (C=O) groups excluding carboxylic acids is 1. The van der Waals surface area contributed by atoms with Gasteiger partial charge in [-0.05, 0) is 36.1 Å². The average molecular weight is 336 g/mol. The minimum absolute atomic E-state index is 0.0269. The second-order valence-electron chi connectivity index (χ2n) is 4.95. The molecule has 2 rings (SSSR count). The normalized spacial score (nSPS) is 14.1. The first-order valence-electron chi connectivity index (χ1n) is 6.89. The smallest absolute Gasteiger partial charge is 0.431 e. The van der Waals surface area contributed by atoms with Crippen molar-refractivity contribution in [2.24, 2.45) is 0 Å². The lowest BCUT2D eigenvalue weighted by molar-refractivity contribution is -0.276. The molecule has 23 heavy (non-hydrogen) atoms. The van der Waals surface area contributed by atoms with Crippen LogP contribution < -0.4 is 4.74 Å². The Kier molecular flexibility index (Phi) is 4.91. The third-order valence-electron chi connectivity index (χ3n) is 3.17. The van der Waals surface area contributed by atoms with Crippen LogP contribution in [0.15, 0.2) is 11.8 Å². The van der Waals surface area contributed by atoms with Crippen molar-refractivity contribution in [1.29, 1.82) is 0 Å². The summed E-state index contributed by atoms with van der Waals surface area (Å²) in [5.41, 5.74) is -0.0824. The maximum absolute atomic E-state index is 14.1. The Hall–Kier alpha value is -2.12. The van der Waals surface area contributed by atoms with E-state index in [1.807, 2.05) is 0 Å². The van der Waals surface area contributed by atoms with Crippen LogP contribution in [-0.2, 0) is 16.0 Å². The van der Waals surface area contributed by atoms with E-state index >= 15 is 0 Å². The van der Waals surface area contributed by atoms with Gasteiger partial charge in [-0.3, -0.25) is 4.79 Å². The number of fused-ring (bicyclic) bond motifs is 1. The Balaban J connectivity index is 2.31. The average Bonchev–Trinajstić information content (AvgIpc) is 2.42. The van der Waals surface area contributed by atoms with Gasteiger partial charge in [0.05, 0.1) is 0 Å². The number of halogens is 5. The van der Waals surface area contributed by atoms with Gasteiger partial charge in [0.2, 0.25) is 5.75 Å². The maximum Gasteiger partial charge on any atom is 0.573 e. The van der Waals surface area contributed by atoms with Crippen molar-refractivity contribution in [3.8, 4) is 5.75 Å². The third-order valence-corrected chi connectivity index (χ3v) is 3.17. The SMILES string of the molecule is CCCC(=O)OC1=Cc2cc(F)c(OC(F)(F)F)c(F)c2CC1. The van der Waals surface area contributed by atoms with E-state index in [0.29, 0.717) is 6.42 Å². The summed E-state index contributed by atoms with van der Waals surface area (Å²) in [5.74, 6) is -4.60. The molecule has 0 atom stereocenters. The highest BCUT2D eigenvalue weighted by Crippen LogP contribution is 2.36. The van der Waals surface area contributed by atoms with Gasteiger partial charge in [0, 0.05) is 12.8 Å². The predicted molar refractivity (Wildman–Crippen MR) is 70.3 cm³/mol. The first-order chi connectivity index (χ1) is 10.7.